The maximum atomic E-state index is 13.0. The van der Waals surface area contributed by atoms with Crippen LogP contribution in [-0.4, -0.2) is 41.9 Å². The number of rotatable bonds is 5. The molecule has 0 bridgehead atoms. The molecule has 2 aliphatic rings. The van der Waals surface area contributed by atoms with Crippen molar-refractivity contribution in [1.29, 1.82) is 0 Å². The van der Waals surface area contributed by atoms with E-state index in [1.165, 1.54) is 6.20 Å². The fourth-order valence-electron chi connectivity index (χ4n) is 5.04. The van der Waals surface area contributed by atoms with Crippen molar-refractivity contribution in [1.82, 2.24) is 4.98 Å². The number of aliphatic carboxylic acids is 1. The molecule has 36 heavy (non-hydrogen) atoms. The molecule has 0 amide bonds. The molecule has 2 atom stereocenters. The first kappa shape index (κ1) is 24.1. The minimum atomic E-state index is -4.48. The molecule has 0 radical (unpaired) electrons. The number of aryl methyl sites for hydroxylation is 1. The zero-order chi connectivity index (χ0) is 25.4. The van der Waals surface area contributed by atoms with E-state index in [0.29, 0.717) is 31.7 Å². The summed E-state index contributed by atoms with van der Waals surface area (Å²) in [6.07, 6.45) is -2.85. The van der Waals surface area contributed by atoms with Gasteiger partial charge in [0, 0.05) is 30.7 Å². The van der Waals surface area contributed by atoms with Crippen LogP contribution in [-0.2, 0) is 28.7 Å². The largest absolute Gasteiger partial charge is 0.481 e. The Balaban J connectivity index is 1.41. The van der Waals surface area contributed by atoms with Crippen LogP contribution in [0.1, 0.15) is 22.4 Å². The van der Waals surface area contributed by atoms with Crippen molar-refractivity contribution in [2.45, 2.75) is 32.1 Å². The summed E-state index contributed by atoms with van der Waals surface area (Å²) in [5, 5.41) is 13.0. The fraction of sp³-hybridized carbons (Fsp3) is 0.333. The third-order valence-electron chi connectivity index (χ3n) is 6.94. The van der Waals surface area contributed by atoms with Crippen LogP contribution < -0.4 is 10.2 Å². The monoisotopic (exact) mass is 497 g/mol. The first-order valence-electron chi connectivity index (χ1n) is 11.8. The Kier molecular flexibility index (Phi) is 6.34. The zero-order valence-electron chi connectivity index (χ0n) is 19.7. The molecule has 0 spiro atoms. The number of morpholine rings is 1. The molecule has 2 N–H and O–H groups in total. The van der Waals surface area contributed by atoms with Gasteiger partial charge in [-0.3, -0.25) is 9.78 Å². The number of alkyl halides is 3. The number of benzene rings is 2. The van der Waals surface area contributed by atoms with Gasteiger partial charge < -0.3 is 20.1 Å². The molecule has 1 aromatic heterocycles. The summed E-state index contributed by atoms with van der Waals surface area (Å²) >= 11 is 0. The van der Waals surface area contributed by atoms with E-state index in [1.54, 1.807) is 6.07 Å². The predicted octanol–water partition coefficient (Wildman–Crippen LogP) is 5.15. The lowest BCUT2D eigenvalue weighted by atomic mass is 9.84. The van der Waals surface area contributed by atoms with E-state index in [0.717, 1.165) is 39.7 Å². The van der Waals surface area contributed by atoms with Crippen LogP contribution in [0.5, 0.6) is 0 Å². The van der Waals surface area contributed by atoms with Crippen LogP contribution in [0.25, 0.3) is 11.1 Å². The topological polar surface area (TPSA) is 74.7 Å². The number of aromatic nitrogens is 1. The summed E-state index contributed by atoms with van der Waals surface area (Å²) in [4.78, 5) is 17.4. The molecule has 0 aliphatic carbocycles. The standard InChI is InChI=1S/C27H26F3N3O3/c1-16-2-5-20(32-14-17-6-7-31-25(10-17)27(28,29)30)13-21(16)18-3-4-19-11-22(26(34)35)24-15-36-9-8-33(24)23(19)12-18/h2-7,10,12-13,22,24,32H,8-9,11,14-15H2,1H3,(H,34,35)/t22-,24+/m1/s1. The molecule has 0 unspecified atom stereocenters. The smallest absolute Gasteiger partial charge is 0.433 e. The lowest BCUT2D eigenvalue weighted by Crippen LogP contribution is -2.54. The third kappa shape index (κ3) is 4.75. The Hall–Kier alpha value is -3.59. The second kappa shape index (κ2) is 9.46. The van der Waals surface area contributed by atoms with Gasteiger partial charge in [-0.2, -0.15) is 13.2 Å². The minimum Gasteiger partial charge on any atom is -0.481 e. The van der Waals surface area contributed by atoms with Crippen LogP contribution in [0.4, 0.5) is 24.5 Å². The SMILES string of the molecule is Cc1ccc(NCc2ccnc(C(F)(F)F)c2)cc1-c1ccc2c(c1)N1CCOC[C@H]1[C@H](C(=O)O)C2. The average molecular weight is 498 g/mol. The molecular weight excluding hydrogens is 471 g/mol. The van der Waals surface area contributed by atoms with Gasteiger partial charge in [-0.05, 0) is 71.5 Å². The van der Waals surface area contributed by atoms with E-state index in [9.17, 15) is 23.1 Å². The van der Waals surface area contributed by atoms with E-state index in [2.05, 4.69) is 21.3 Å². The molecule has 3 heterocycles. The van der Waals surface area contributed by atoms with Crippen molar-refractivity contribution in [2.75, 3.05) is 30.0 Å². The van der Waals surface area contributed by atoms with Crippen LogP contribution in [0, 0.1) is 12.8 Å². The number of nitrogens with zero attached hydrogens (tertiary/aromatic N) is 2. The molecule has 188 valence electrons. The summed E-state index contributed by atoms with van der Waals surface area (Å²) in [6, 6.07) is 14.4. The predicted molar refractivity (Wildman–Crippen MR) is 130 cm³/mol. The molecule has 0 saturated carbocycles. The van der Waals surface area contributed by atoms with Crippen molar-refractivity contribution in [3.05, 3.63) is 77.1 Å². The maximum Gasteiger partial charge on any atom is 0.433 e. The highest BCUT2D eigenvalue weighted by molar-refractivity contribution is 5.79. The van der Waals surface area contributed by atoms with Crippen molar-refractivity contribution in [2.24, 2.45) is 5.92 Å². The van der Waals surface area contributed by atoms with E-state index >= 15 is 0 Å². The summed E-state index contributed by atoms with van der Waals surface area (Å²) in [7, 11) is 0. The molecule has 3 aromatic rings. The van der Waals surface area contributed by atoms with Gasteiger partial charge in [0.1, 0.15) is 5.69 Å². The number of carboxylic acids is 1. The molecule has 2 aliphatic heterocycles. The van der Waals surface area contributed by atoms with Crippen molar-refractivity contribution in [3.63, 3.8) is 0 Å². The van der Waals surface area contributed by atoms with Crippen molar-refractivity contribution >= 4 is 17.3 Å². The van der Waals surface area contributed by atoms with E-state index < -0.39 is 23.8 Å². The van der Waals surface area contributed by atoms with E-state index in [1.807, 2.05) is 37.3 Å². The Morgan fingerprint density at radius 2 is 2.03 bits per heavy atom. The van der Waals surface area contributed by atoms with Crippen molar-refractivity contribution < 1.29 is 27.8 Å². The maximum absolute atomic E-state index is 13.0. The summed E-state index contributed by atoms with van der Waals surface area (Å²) in [5.74, 6) is -1.32. The summed E-state index contributed by atoms with van der Waals surface area (Å²) in [6.45, 7) is 3.82. The highest BCUT2D eigenvalue weighted by Crippen LogP contribution is 2.39. The number of halogens is 3. The van der Waals surface area contributed by atoms with Gasteiger partial charge >= 0.3 is 12.1 Å². The molecule has 1 saturated heterocycles. The number of nitrogens with one attached hydrogen (secondary N) is 1. The number of fused-ring (bicyclic) bond motifs is 3. The van der Waals surface area contributed by atoms with Crippen LogP contribution in [0.2, 0.25) is 0 Å². The minimum absolute atomic E-state index is 0.199. The fourth-order valence-corrected chi connectivity index (χ4v) is 5.04. The third-order valence-corrected chi connectivity index (χ3v) is 6.94. The number of hydrogen-bond acceptors (Lipinski definition) is 5. The van der Waals surface area contributed by atoms with Gasteiger partial charge in [0.15, 0.2) is 0 Å². The number of hydrogen-bond donors (Lipinski definition) is 2. The zero-order valence-corrected chi connectivity index (χ0v) is 19.7. The Bertz CT molecular complexity index is 1290. The molecule has 9 heteroatoms. The van der Waals surface area contributed by atoms with Gasteiger partial charge in [-0.15, -0.1) is 0 Å². The lowest BCUT2D eigenvalue weighted by molar-refractivity contribution is -0.144. The highest BCUT2D eigenvalue weighted by atomic mass is 19.4. The van der Waals surface area contributed by atoms with Gasteiger partial charge in [0.05, 0.1) is 25.2 Å². The highest BCUT2D eigenvalue weighted by Gasteiger charge is 2.40. The van der Waals surface area contributed by atoms with E-state index in [-0.39, 0.29) is 12.6 Å². The number of carboxylic acid groups (broad SMARTS) is 1. The van der Waals surface area contributed by atoms with Crippen LogP contribution >= 0.6 is 0 Å². The number of carbonyl (C=O) groups is 1. The Morgan fingerprint density at radius 3 is 2.81 bits per heavy atom. The summed E-state index contributed by atoms with van der Waals surface area (Å²) < 4.78 is 44.5. The van der Waals surface area contributed by atoms with Gasteiger partial charge in [-0.25, -0.2) is 0 Å². The number of anilines is 2. The van der Waals surface area contributed by atoms with Gasteiger partial charge in [0.25, 0.3) is 0 Å². The first-order chi connectivity index (χ1) is 17.2. The quantitative estimate of drug-likeness (QED) is 0.508. The molecule has 5 rings (SSSR count). The molecule has 6 nitrogen and oxygen atoms in total. The number of ether oxygens (including phenoxy) is 1. The molecule has 1 fully saturated rings. The normalized spacial score (nSPS) is 19.4. The Labute approximate surface area is 206 Å². The number of pyridine rings is 1. The van der Waals surface area contributed by atoms with Crippen molar-refractivity contribution in [3.8, 4) is 11.1 Å². The van der Waals surface area contributed by atoms with Gasteiger partial charge in [-0.1, -0.05) is 18.2 Å². The second-order valence-corrected chi connectivity index (χ2v) is 9.26. The second-order valence-electron chi connectivity index (χ2n) is 9.26. The van der Waals surface area contributed by atoms with Crippen LogP contribution in [0.3, 0.4) is 0 Å². The summed E-state index contributed by atoms with van der Waals surface area (Å²) in [5.41, 5.74) is 5.46. The molecule has 2 aromatic carbocycles. The van der Waals surface area contributed by atoms with Crippen LogP contribution in [0.15, 0.2) is 54.7 Å². The Morgan fingerprint density at radius 1 is 1.19 bits per heavy atom. The average Bonchev–Trinajstić information content (AvgIpc) is 2.87. The lowest BCUT2D eigenvalue weighted by Gasteiger charge is -2.45. The van der Waals surface area contributed by atoms with E-state index in [4.69, 9.17) is 4.74 Å². The van der Waals surface area contributed by atoms with Gasteiger partial charge in [0.2, 0.25) is 0 Å². The first-order valence-corrected chi connectivity index (χ1v) is 11.8. The molecular formula is C27H26F3N3O3.